The Morgan fingerprint density at radius 2 is 2.29 bits per heavy atom. The van der Waals surface area contributed by atoms with Crippen molar-refractivity contribution in [2.24, 2.45) is 0 Å². The minimum absolute atomic E-state index is 0.187. The predicted molar refractivity (Wildman–Crippen MR) is 105 cm³/mol. The van der Waals surface area contributed by atoms with Crippen molar-refractivity contribution in [3.8, 4) is 11.5 Å². The predicted octanol–water partition coefficient (Wildman–Crippen LogP) is 4.10. The van der Waals surface area contributed by atoms with E-state index in [0.717, 1.165) is 12.0 Å². The molecule has 0 bridgehead atoms. The van der Waals surface area contributed by atoms with Crippen molar-refractivity contribution in [1.29, 1.82) is 0 Å². The summed E-state index contributed by atoms with van der Waals surface area (Å²) in [5, 5.41) is 0.304. The zero-order chi connectivity index (χ0) is 19.7. The molecule has 0 saturated carbocycles. The summed E-state index contributed by atoms with van der Waals surface area (Å²) in [6.45, 7) is 0.682. The van der Waals surface area contributed by atoms with Crippen LogP contribution in [-0.2, 0) is 20.4 Å². The number of nitrogens with one attached hydrogen (secondary N) is 1. The van der Waals surface area contributed by atoms with Crippen LogP contribution in [0, 0.1) is 4.64 Å². The molecule has 3 atom stereocenters. The van der Waals surface area contributed by atoms with Crippen molar-refractivity contribution in [2.45, 2.75) is 31.8 Å². The number of benzene rings is 1. The summed E-state index contributed by atoms with van der Waals surface area (Å²) in [7, 11) is 0.0412. The molecule has 4 rings (SSSR count). The molecule has 2 aliphatic rings. The number of halogens is 1. The first-order chi connectivity index (χ1) is 13.5. The van der Waals surface area contributed by atoms with Gasteiger partial charge in [0.25, 0.3) is 0 Å². The first-order valence-electron chi connectivity index (χ1n) is 8.61. The normalized spacial score (nSPS) is 23.9. The second-order valence-electron chi connectivity index (χ2n) is 6.27. The third-order valence-electron chi connectivity index (χ3n) is 4.46. The van der Waals surface area contributed by atoms with Gasteiger partial charge >= 0.3 is 14.3 Å². The first-order valence-corrected chi connectivity index (χ1v) is 10.5. The number of aromatic amines is 1. The fourth-order valence-electron chi connectivity index (χ4n) is 3.06. The van der Waals surface area contributed by atoms with Crippen LogP contribution < -0.4 is 15.0 Å². The zero-order valence-corrected chi connectivity index (χ0v) is 17.4. The quantitative estimate of drug-likeness (QED) is 0.549. The average molecular weight is 445 g/mol. The number of H-pyrrole nitrogens is 1. The van der Waals surface area contributed by atoms with Crippen LogP contribution >= 0.6 is 32.4 Å². The molecule has 2 aliphatic heterocycles. The van der Waals surface area contributed by atoms with Crippen molar-refractivity contribution < 1.29 is 23.0 Å². The Kier molecular flexibility index (Phi) is 6.01. The van der Waals surface area contributed by atoms with Crippen LogP contribution in [0.2, 0.25) is 5.02 Å². The second kappa shape index (κ2) is 8.49. The molecule has 1 aromatic heterocycles. The fraction of sp³-hybridized carbons (Fsp3) is 0.412. The van der Waals surface area contributed by atoms with Gasteiger partial charge in [0.15, 0.2) is 11.5 Å². The van der Waals surface area contributed by atoms with Crippen molar-refractivity contribution in [2.75, 3.05) is 13.7 Å². The molecule has 8 nitrogen and oxygen atoms in total. The highest BCUT2D eigenvalue weighted by Crippen LogP contribution is 2.50. The number of hydrogen-bond acceptors (Lipinski definition) is 7. The lowest BCUT2D eigenvalue weighted by molar-refractivity contribution is -0.0229. The van der Waals surface area contributed by atoms with Gasteiger partial charge in [-0.2, -0.15) is 0 Å². The molecule has 1 fully saturated rings. The van der Waals surface area contributed by atoms with Crippen LogP contribution in [0.4, 0.5) is 0 Å². The smallest absolute Gasteiger partial charge is 0.397 e. The summed E-state index contributed by atoms with van der Waals surface area (Å²) in [6, 6.07) is 5.63. The van der Waals surface area contributed by atoms with Crippen LogP contribution in [-0.4, -0.2) is 29.4 Å². The van der Waals surface area contributed by atoms with Crippen LogP contribution in [0.5, 0.6) is 11.5 Å². The molecule has 0 amide bonds. The minimum Gasteiger partial charge on any atom is -0.493 e. The average Bonchev–Trinajstić information content (AvgIpc) is 3.17. The first kappa shape index (κ1) is 19.8. The highest BCUT2D eigenvalue weighted by Gasteiger charge is 2.31. The molecular formula is C17H18ClN2O6PS. The van der Waals surface area contributed by atoms with Crippen molar-refractivity contribution in [3.05, 3.63) is 50.1 Å². The highest BCUT2D eigenvalue weighted by atomic mass is 35.5. The maximum atomic E-state index is 12.1. The van der Waals surface area contributed by atoms with Crippen molar-refractivity contribution in [3.63, 3.8) is 0 Å². The van der Waals surface area contributed by atoms with Crippen LogP contribution in [0.1, 0.15) is 24.6 Å². The standard InChI is InChI=1S/C17H18ClN2O6PS/c1-22-13-4-2-3-10-8-23-27(26-15(10)13)24-9-11-5-6-14(25-11)20-7-12(18)16(28)19-17(20)21/h2-4,7,11,14H,5-6,8-9H2,1H3,(H,19,21,28). The number of ether oxygens (including phenoxy) is 2. The number of aromatic nitrogens is 2. The number of para-hydroxylation sites is 1. The Morgan fingerprint density at radius 3 is 3.11 bits per heavy atom. The monoisotopic (exact) mass is 444 g/mol. The van der Waals surface area contributed by atoms with E-state index >= 15 is 0 Å². The summed E-state index contributed by atoms with van der Waals surface area (Å²) in [6.07, 6.45) is 2.27. The SMILES string of the molecule is COc1cccc2c1OP(OCC1CCC(n3cc(Cl)c(=S)[nH]c3=O)O1)OC2. The summed E-state index contributed by atoms with van der Waals surface area (Å²) in [5.74, 6) is 1.29. The molecule has 1 aromatic carbocycles. The van der Waals surface area contributed by atoms with Crippen LogP contribution in [0.25, 0.3) is 0 Å². The lowest BCUT2D eigenvalue weighted by Crippen LogP contribution is -2.27. The third-order valence-corrected chi connectivity index (χ3v) is 6.21. The van der Waals surface area contributed by atoms with Gasteiger partial charge in [-0.25, -0.2) is 4.79 Å². The van der Waals surface area contributed by atoms with Gasteiger partial charge < -0.3 is 14.0 Å². The van der Waals surface area contributed by atoms with Crippen molar-refractivity contribution in [1.82, 2.24) is 9.55 Å². The summed E-state index contributed by atoms with van der Waals surface area (Å²) in [4.78, 5) is 14.6. The van der Waals surface area contributed by atoms with Gasteiger partial charge in [-0.3, -0.25) is 18.6 Å². The highest BCUT2D eigenvalue weighted by molar-refractivity contribution is 7.71. The van der Waals surface area contributed by atoms with Crippen LogP contribution in [0.3, 0.4) is 0 Å². The number of fused-ring (bicyclic) bond motifs is 1. The Bertz CT molecular complexity index is 969. The van der Waals surface area contributed by atoms with E-state index in [0.29, 0.717) is 29.5 Å². The third kappa shape index (κ3) is 4.10. The molecule has 28 heavy (non-hydrogen) atoms. The number of methoxy groups -OCH3 is 1. The van der Waals surface area contributed by atoms with Crippen LogP contribution in [0.15, 0.2) is 29.2 Å². The lowest BCUT2D eigenvalue weighted by Gasteiger charge is -2.26. The minimum atomic E-state index is -1.55. The van der Waals surface area contributed by atoms with Gasteiger partial charge in [-0.1, -0.05) is 36.0 Å². The van der Waals surface area contributed by atoms with E-state index in [1.54, 1.807) is 7.11 Å². The number of hydrogen-bond donors (Lipinski definition) is 1. The Balaban J connectivity index is 1.35. The van der Waals surface area contributed by atoms with E-state index < -0.39 is 14.8 Å². The molecule has 11 heteroatoms. The maximum Gasteiger partial charge on any atom is 0.397 e. The topological polar surface area (TPSA) is 83.9 Å². The molecule has 0 spiro atoms. The van der Waals surface area contributed by atoms with E-state index in [2.05, 4.69) is 4.98 Å². The number of nitrogens with zero attached hydrogens (tertiary/aromatic N) is 1. The molecule has 1 N–H and O–H groups in total. The molecule has 150 valence electrons. The van der Waals surface area contributed by atoms with Gasteiger partial charge in [0.05, 0.1) is 31.5 Å². The van der Waals surface area contributed by atoms with E-state index in [4.69, 9.17) is 46.9 Å². The van der Waals surface area contributed by atoms with Gasteiger partial charge in [-0.15, -0.1) is 0 Å². The molecule has 0 aliphatic carbocycles. The Hall–Kier alpha value is -1.48. The van der Waals surface area contributed by atoms with Gasteiger partial charge in [-0.05, 0) is 18.9 Å². The summed E-state index contributed by atoms with van der Waals surface area (Å²) >= 11 is 11.0. The second-order valence-corrected chi connectivity index (χ2v) is 8.23. The summed E-state index contributed by atoms with van der Waals surface area (Å²) in [5.41, 5.74) is 0.560. The van der Waals surface area contributed by atoms with E-state index in [1.807, 2.05) is 18.2 Å². The van der Waals surface area contributed by atoms with Crippen molar-refractivity contribution >= 4 is 32.4 Å². The van der Waals surface area contributed by atoms with E-state index in [1.165, 1.54) is 10.8 Å². The number of rotatable bonds is 5. The maximum absolute atomic E-state index is 12.1. The van der Waals surface area contributed by atoms with Gasteiger partial charge in [0, 0.05) is 11.8 Å². The molecule has 0 radical (unpaired) electrons. The Morgan fingerprint density at radius 1 is 1.43 bits per heavy atom. The molecule has 3 unspecified atom stereocenters. The zero-order valence-electron chi connectivity index (χ0n) is 14.9. The van der Waals surface area contributed by atoms with Gasteiger partial charge in [0.2, 0.25) is 0 Å². The van der Waals surface area contributed by atoms with Gasteiger partial charge in [0.1, 0.15) is 10.9 Å². The van der Waals surface area contributed by atoms with E-state index in [-0.39, 0.29) is 23.0 Å². The molecule has 2 aromatic rings. The summed E-state index contributed by atoms with van der Waals surface area (Å²) < 4.78 is 30.1. The lowest BCUT2D eigenvalue weighted by atomic mass is 10.2. The largest absolute Gasteiger partial charge is 0.493 e. The molecular weight excluding hydrogens is 427 g/mol. The molecule has 3 heterocycles. The molecule has 1 saturated heterocycles. The Labute approximate surface area is 172 Å². The van der Waals surface area contributed by atoms with E-state index in [9.17, 15) is 4.79 Å². The fourth-order valence-corrected chi connectivity index (χ4v) is 4.42.